The van der Waals surface area contributed by atoms with Gasteiger partial charge in [-0.1, -0.05) is 164 Å². The molecule has 0 radical (unpaired) electrons. The molecule has 1 aliphatic rings. The molecule has 0 atom stereocenters. The molecule has 1 heterocycles. The molecule has 0 amide bonds. The fourth-order valence-corrected chi connectivity index (χ4v) is 7.96. The van der Waals surface area contributed by atoms with E-state index in [9.17, 15) is 0 Å². The Morgan fingerprint density at radius 3 is 1.47 bits per heavy atom. The summed E-state index contributed by atoms with van der Waals surface area (Å²) < 4.78 is 0. The van der Waals surface area contributed by atoms with Crippen molar-refractivity contribution >= 4 is 0 Å². The summed E-state index contributed by atoms with van der Waals surface area (Å²) in [7, 11) is 0. The molecular formula is C50H39N3. The first kappa shape index (κ1) is 32.5. The number of aromatic nitrogens is 3. The molecule has 0 saturated carbocycles. The fraction of sp³-hybridized carbons (Fsp3) is 0.100. The Morgan fingerprint density at radius 1 is 0.396 bits per heavy atom. The third-order valence-corrected chi connectivity index (χ3v) is 10.5. The number of fused-ring (bicyclic) bond motifs is 3. The zero-order valence-electron chi connectivity index (χ0n) is 29.8. The van der Waals surface area contributed by atoms with E-state index in [2.05, 4.69) is 146 Å². The van der Waals surface area contributed by atoms with Gasteiger partial charge in [0.15, 0.2) is 17.5 Å². The van der Waals surface area contributed by atoms with Gasteiger partial charge < -0.3 is 0 Å². The van der Waals surface area contributed by atoms with Gasteiger partial charge in [0.25, 0.3) is 0 Å². The van der Waals surface area contributed by atoms with E-state index in [1.807, 2.05) is 36.4 Å². The van der Waals surface area contributed by atoms with Crippen molar-refractivity contribution in [2.75, 3.05) is 0 Å². The minimum Gasteiger partial charge on any atom is -0.208 e. The molecule has 9 rings (SSSR count). The van der Waals surface area contributed by atoms with Gasteiger partial charge in [-0.15, -0.1) is 0 Å². The maximum Gasteiger partial charge on any atom is 0.164 e. The second-order valence-electron chi connectivity index (χ2n) is 14.0. The van der Waals surface area contributed by atoms with Crippen LogP contribution in [-0.2, 0) is 19.3 Å². The van der Waals surface area contributed by atoms with Gasteiger partial charge in [0.2, 0.25) is 0 Å². The number of benzene rings is 7. The van der Waals surface area contributed by atoms with Crippen LogP contribution < -0.4 is 0 Å². The van der Waals surface area contributed by atoms with E-state index in [4.69, 9.17) is 15.0 Å². The van der Waals surface area contributed by atoms with Crippen molar-refractivity contribution in [1.82, 2.24) is 15.0 Å². The molecule has 0 fully saturated rings. The lowest BCUT2D eigenvalue weighted by Crippen LogP contribution is -2.05. The van der Waals surface area contributed by atoms with Crippen molar-refractivity contribution in [3.63, 3.8) is 0 Å². The molecule has 3 heteroatoms. The lowest BCUT2D eigenvalue weighted by atomic mass is 9.88. The van der Waals surface area contributed by atoms with Crippen molar-refractivity contribution in [1.29, 1.82) is 0 Å². The maximum atomic E-state index is 5.14. The van der Waals surface area contributed by atoms with Gasteiger partial charge in [0.1, 0.15) is 0 Å². The second-order valence-corrected chi connectivity index (χ2v) is 14.0. The molecule has 1 aliphatic carbocycles. The van der Waals surface area contributed by atoms with Gasteiger partial charge >= 0.3 is 0 Å². The highest BCUT2D eigenvalue weighted by molar-refractivity contribution is 5.79. The average molecular weight is 682 g/mol. The quantitative estimate of drug-likeness (QED) is 0.152. The van der Waals surface area contributed by atoms with Crippen molar-refractivity contribution in [2.45, 2.75) is 32.1 Å². The summed E-state index contributed by atoms with van der Waals surface area (Å²) >= 11 is 0. The third kappa shape index (κ3) is 6.58. The van der Waals surface area contributed by atoms with Crippen LogP contribution in [0.3, 0.4) is 0 Å². The summed E-state index contributed by atoms with van der Waals surface area (Å²) in [5, 5.41) is 0. The van der Waals surface area contributed by atoms with Gasteiger partial charge in [-0.25, -0.2) is 15.0 Å². The zero-order chi connectivity index (χ0) is 35.6. The number of rotatable bonds is 9. The molecule has 0 saturated heterocycles. The summed E-state index contributed by atoms with van der Waals surface area (Å²) in [6, 6.07) is 62.8. The topological polar surface area (TPSA) is 38.7 Å². The monoisotopic (exact) mass is 681 g/mol. The van der Waals surface area contributed by atoms with Crippen LogP contribution in [0.15, 0.2) is 176 Å². The second kappa shape index (κ2) is 14.3. The Labute approximate surface area is 311 Å². The molecule has 1 aromatic heterocycles. The first-order valence-electron chi connectivity index (χ1n) is 18.5. The van der Waals surface area contributed by atoms with Crippen LogP contribution in [0, 0.1) is 6.92 Å². The van der Waals surface area contributed by atoms with E-state index < -0.39 is 0 Å². The lowest BCUT2D eigenvalue weighted by Gasteiger charge is -2.17. The Kier molecular flexibility index (Phi) is 8.75. The van der Waals surface area contributed by atoms with Crippen molar-refractivity contribution in [2.24, 2.45) is 0 Å². The summed E-state index contributed by atoms with van der Waals surface area (Å²) in [6.45, 7) is 2.20. The molecule has 0 unspecified atom stereocenters. The average Bonchev–Trinajstić information content (AvgIpc) is 3.54. The van der Waals surface area contributed by atoms with Crippen LogP contribution in [-0.4, -0.2) is 15.0 Å². The van der Waals surface area contributed by atoms with Gasteiger partial charge in [-0.2, -0.15) is 0 Å². The predicted octanol–water partition coefficient (Wildman–Crippen LogP) is 12.0. The Bertz CT molecular complexity index is 2450. The SMILES string of the molecule is Cc1ccccc1-c1ccccc1CCc1cc(CC2c3ccccc3-c3ccccc32)cc(-c2nc(-c3ccccc3)nc(-c3ccccc3)n2)c1. The first-order valence-corrected chi connectivity index (χ1v) is 18.5. The van der Waals surface area contributed by atoms with E-state index in [-0.39, 0.29) is 5.92 Å². The molecule has 7 aromatic carbocycles. The van der Waals surface area contributed by atoms with E-state index >= 15 is 0 Å². The molecule has 254 valence electrons. The van der Waals surface area contributed by atoms with Crippen LogP contribution >= 0.6 is 0 Å². The summed E-state index contributed by atoms with van der Waals surface area (Å²) in [6.07, 6.45) is 2.70. The Hall–Kier alpha value is -6.45. The summed E-state index contributed by atoms with van der Waals surface area (Å²) in [4.78, 5) is 15.3. The number of aryl methyl sites for hydroxylation is 3. The highest BCUT2D eigenvalue weighted by Crippen LogP contribution is 2.46. The van der Waals surface area contributed by atoms with Crippen molar-refractivity contribution < 1.29 is 0 Å². The van der Waals surface area contributed by atoms with Gasteiger partial charge in [-0.3, -0.25) is 0 Å². The molecule has 3 nitrogen and oxygen atoms in total. The molecule has 0 aliphatic heterocycles. The lowest BCUT2D eigenvalue weighted by molar-refractivity contribution is 0.823. The Morgan fingerprint density at radius 2 is 0.868 bits per heavy atom. The summed E-state index contributed by atoms with van der Waals surface area (Å²) in [5.74, 6) is 2.30. The smallest absolute Gasteiger partial charge is 0.164 e. The molecule has 0 N–H and O–H groups in total. The zero-order valence-corrected chi connectivity index (χ0v) is 29.8. The highest BCUT2D eigenvalue weighted by Gasteiger charge is 2.28. The minimum absolute atomic E-state index is 0.269. The van der Waals surface area contributed by atoms with Crippen molar-refractivity contribution in [3.05, 3.63) is 209 Å². The highest BCUT2D eigenvalue weighted by atomic mass is 15.0. The first-order chi connectivity index (χ1) is 26.2. The van der Waals surface area contributed by atoms with Crippen molar-refractivity contribution in [3.8, 4) is 56.4 Å². The molecular weight excluding hydrogens is 643 g/mol. The molecule has 53 heavy (non-hydrogen) atoms. The molecule has 0 bridgehead atoms. The number of nitrogens with zero attached hydrogens (tertiary/aromatic N) is 3. The Balaban J connectivity index is 1.16. The maximum absolute atomic E-state index is 5.14. The minimum atomic E-state index is 0.269. The van der Waals surface area contributed by atoms with E-state index in [0.29, 0.717) is 17.5 Å². The van der Waals surface area contributed by atoms with E-state index in [0.717, 1.165) is 36.0 Å². The van der Waals surface area contributed by atoms with Crippen LogP contribution in [0.4, 0.5) is 0 Å². The molecule has 0 spiro atoms. The van der Waals surface area contributed by atoms with Gasteiger partial charge in [-0.05, 0) is 94.0 Å². The van der Waals surface area contributed by atoms with Gasteiger partial charge in [0.05, 0.1) is 0 Å². The van der Waals surface area contributed by atoms with E-state index in [1.54, 1.807) is 0 Å². The standard InChI is InChI=1S/C50H39N3/c1-34-16-8-10-22-41(34)42-23-11-9-17-37(42)29-28-35-30-36(33-47-45-26-14-12-24-43(45)44-25-13-15-27-46(44)47)32-40(31-35)50-52-48(38-18-4-2-5-19-38)51-49(53-50)39-20-6-3-7-21-39/h2-27,30-32,47H,28-29,33H2,1H3. The van der Waals surface area contributed by atoms with E-state index in [1.165, 1.54) is 55.6 Å². The fourth-order valence-electron chi connectivity index (χ4n) is 7.96. The summed E-state index contributed by atoms with van der Waals surface area (Å²) in [5.41, 5.74) is 16.2. The van der Waals surface area contributed by atoms with Crippen LogP contribution in [0.1, 0.15) is 39.3 Å². The predicted molar refractivity (Wildman–Crippen MR) is 218 cm³/mol. The van der Waals surface area contributed by atoms with Gasteiger partial charge in [0, 0.05) is 22.6 Å². The molecule has 8 aromatic rings. The number of hydrogen-bond acceptors (Lipinski definition) is 3. The largest absolute Gasteiger partial charge is 0.208 e. The third-order valence-electron chi connectivity index (χ3n) is 10.5. The van der Waals surface area contributed by atoms with Crippen LogP contribution in [0.5, 0.6) is 0 Å². The normalized spacial score (nSPS) is 12.0. The number of hydrogen-bond donors (Lipinski definition) is 0. The van der Waals surface area contributed by atoms with Crippen LogP contribution in [0.25, 0.3) is 56.4 Å². The van der Waals surface area contributed by atoms with Crippen LogP contribution in [0.2, 0.25) is 0 Å².